The first-order valence-corrected chi connectivity index (χ1v) is 8.43. The van der Waals surface area contributed by atoms with Crippen molar-refractivity contribution < 1.29 is 23.5 Å². The highest BCUT2D eigenvalue weighted by Gasteiger charge is 2.47. The van der Waals surface area contributed by atoms with Crippen LogP contribution in [0.25, 0.3) is 5.57 Å². The summed E-state index contributed by atoms with van der Waals surface area (Å²) < 4.78 is 10.5. The zero-order valence-corrected chi connectivity index (χ0v) is 14.7. The van der Waals surface area contributed by atoms with Gasteiger partial charge in [-0.3, -0.25) is 0 Å². The molecule has 1 aromatic rings. The standard InChI is InChI=1S/C19H26NO4/c1-4-23-18(21)17(19(22)24-5-2)20(3)13-11-16(12-14-20)15-9-7-6-8-10-15/h6-11,17H,4-5,12-14H2,1-3H3/q+1. The van der Waals surface area contributed by atoms with Crippen LogP contribution in [0.5, 0.6) is 0 Å². The number of likely N-dealkylation sites (N-methyl/N-ethyl adjacent to an activating group) is 1. The van der Waals surface area contributed by atoms with Gasteiger partial charge < -0.3 is 14.0 Å². The number of benzene rings is 1. The summed E-state index contributed by atoms with van der Waals surface area (Å²) in [6, 6.07) is 9.24. The van der Waals surface area contributed by atoms with E-state index in [-0.39, 0.29) is 17.7 Å². The van der Waals surface area contributed by atoms with Crippen LogP contribution in [-0.2, 0) is 19.1 Å². The maximum Gasteiger partial charge on any atom is 0.377 e. The molecule has 0 N–H and O–H groups in total. The number of esters is 2. The van der Waals surface area contributed by atoms with Crippen molar-refractivity contribution in [1.82, 2.24) is 0 Å². The molecule has 24 heavy (non-hydrogen) atoms. The minimum Gasteiger partial charge on any atom is -0.461 e. The number of carbonyl (C=O) groups is 2. The van der Waals surface area contributed by atoms with Gasteiger partial charge in [-0.05, 0) is 31.1 Å². The average molecular weight is 332 g/mol. The first kappa shape index (κ1) is 18.2. The van der Waals surface area contributed by atoms with E-state index in [0.717, 1.165) is 6.42 Å². The fourth-order valence-electron chi connectivity index (χ4n) is 3.08. The lowest BCUT2D eigenvalue weighted by Crippen LogP contribution is -2.61. The maximum absolute atomic E-state index is 12.4. The maximum atomic E-state index is 12.4. The van der Waals surface area contributed by atoms with Gasteiger partial charge in [0.15, 0.2) is 0 Å². The quantitative estimate of drug-likeness (QED) is 0.456. The summed E-state index contributed by atoms with van der Waals surface area (Å²) in [7, 11) is 1.91. The lowest BCUT2D eigenvalue weighted by molar-refractivity contribution is -0.912. The van der Waals surface area contributed by atoms with Crippen LogP contribution in [0.2, 0.25) is 0 Å². The SMILES string of the molecule is CCOC(=O)C(C(=O)OCC)[N+]1(C)CC=C(c2ccccc2)CC1. The number of carbonyl (C=O) groups excluding carboxylic acids is 2. The summed E-state index contributed by atoms with van der Waals surface area (Å²) >= 11 is 0. The van der Waals surface area contributed by atoms with Gasteiger partial charge in [0.25, 0.3) is 6.04 Å². The van der Waals surface area contributed by atoms with Crippen molar-refractivity contribution in [1.29, 1.82) is 0 Å². The molecule has 5 nitrogen and oxygen atoms in total. The van der Waals surface area contributed by atoms with Crippen molar-refractivity contribution in [2.45, 2.75) is 26.3 Å². The number of quaternary nitrogens is 1. The molecule has 1 aromatic carbocycles. The Labute approximate surface area is 143 Å². The molecule has 0 radical (unpaired) electrons. The molecule has 130 valence electrons. The molecule has 0 fully saturated rings. The minimum absolute atomic E-state index is 0.250. The molecule has 0 aliphatic carbocycles. The highest BCUT2D eigenvalue weighted by Crippen LogP contribution is 2.28. The summed E-state index contributed by atoms with van der Waals surface area (Å²) in [6.45, 7) is 5.25. The Hall–Kier alpha value is -2.14. The van der Waals surface area contributed by atoms with E-state index in [0.29, 0.717) is 13.1 Å². The Balaban J connectivity index is 2.22. The molecule has 5 heteroatoms. The Bertz CT molecular complexity index is 593. The van der Waals surface area contributed by atoms with E-state index in [2.05, 4.69) is 18.2 Å². The van der Waals surface area contributed by atoms with Crippen molar-refractivity contribution >= 4 is 17.5 Å². The van der Waals surface area contributed by atoms with E-state index in [1.807, 2.05) is 25.2 Å². The molecule has 2 rings (SSSR count). The van der Waals surface area contributed by atoms with Gasteiger partial charge in [-0.25, -0.2) is 9.59 Å². The van der Waals surface area contributed by atoms with E-state index in [9.17, 15) is 9.59 Å². The molecule has 0 amide bonds. The Morgan fingerprint density at radius 2 is 1.67 bits per heavy atom. The van der Waals surface area contributed by atoms with Crippen LogP contribution < -0.4 is 0 Å². The number of hydrogen-bond donors (Lipinski definition) is 0. The smallest absolute Gasteiger partial charge is 0.377 e. The third-order valence-electron chi connectivity index (χ3n) is 4.43. The van der Waals surface area contributed by atoms with Gasteiger partial charge in [0.05, 0.1) is 33.4 Å². The lowest BCUT2D eigenvalue weighted by Gasteiger charge is -2.40. The summed E-state index contributed by atoms with van der Waals surface area (Å²) in [5.74, 6) is -1.01. The van der Waals surface area contributed by atoms with E-state index >= 15 is 0 Å². The predicted octanol–water partition coefficient (Wildman–Crippen LogP) is 2.42. The molecule has 0 aromatic heterocycles. The Morgan fingerprint density at radius 3 is 2.12 bits per heavy atom. The average Bonchev–Trinajstić information content (AvgIpc) is 2.57. The number of ether oxygens (including phenoxy) is 2. The van der Waals surface area contributed by atoms with Gasteiger partial charge in [-0.15, -0.1) is 0 Å². The molecule has 0 spiro atoms. The Morgan fingerprint density at radius 1 is 1.08 bits per heavy atom. The van der Waals surface area contributed by atoms with E-state index in [4.69, 9.17) is 9.47 Å². The molecule has 1 unspecified atom stereocenters. The van der Waals surface area contributed by atoms with Gasteiger partial charge in [0, 0.05) is 6.42 Å². The van der Waals surface area contributed by atoms with Gasteiger partial charge in [0.1, 0.15) is 0 Å². The molecule has 1 aliphatic rings. The topological polar surface area (TPSA) is 52.6 Å². The summed E-state index contributed by atoms with van der Waals surface area (Å²) in [5.41, 5.74) is 2.44. The van der Waals surface area contributed by atoms with Gasteiger partial charge >= 0.3 is 11.9 Å². The van der Waals surface area contributed by atoms with Gasteiger partial charge in [-0.1, -0.05) is 30.3 Å². The van der Waals surface area contributed by atoms with Gasteiger partial charge in [0.2, 0.25) is 0 Å². The second-order valence-electron chi connectivity index (χ2n) is 6.14. The fourth-order valence-corrected chi connectivity index (χ4v) is 3.08. The lowest BCUT2D eigenvalue weighted by atomic mass is 9.97. The monoisotopic (exact) mass is 332 g/mol. The van der Waals surface area contributed by atoms with Crippen molar-refractivity contribution in [2.75, 3.05) is 33.4 Å². The minimum atomic E-state index is -0.932. The van der Waals surface area contributed by atoms with Crippen LogP contribution in [0.1, 0.15) is 25.8 Å². The van der Waals surface area contributed by atoms with Crippen molar-refractivity contribution in [3.05, 3.63) is 42.0 Å². The molecule has 0 saturated carbocycles. The number of hydrogen-bond acceptors (Lipinski definition) is 4. The normalized spacial score (nSPS) is 20.4. The van der Waals surface area contributed by atoms with Crippen LogP contribution in [0.15, 0.2) is 36.4 Å². The van der Waals surface area contributed by atoms with Crippen LogP contribution in [0.3, 0.4) is 0 Å². The second-order valence-corrected chi connectivity index (χ2v) is 6.14. The third kappa shape index (κ3) is 4.03. The van der Waals surface area contributed by atoms with Crippen LogP contribution in [0, 0.1) is 0 Å². The summed E-state index contributed by atoms with van der Waals surface area (Å²) in [4.78, 5) is 24.7. The van der Waals surface area contributed by atoms with Crippen LogP contribution in [-0.4, -0.2) is 55.8 Å². The fraction of sp³-hybridized carbons (Fsp3) is 0.474. The summed E-state index contributed by atoms with van der Waals surface area (Å²) in [6.07, 6.45) is 2.92. The predicted molar refractivity (Wildman–Crippen MR) is 92.0 cm³/mol. The van der Waals surface area contributed by atoms with Crippen molar-refractivity contribution in [3.8, 4) is 0 Å². The van der Waals surface area contributed by atoms with Crippen molar-refractivity contribution in [2.24, 2.45) is 0 Å². The third-order valence-corrected chi connectivity index (χ3v) is 4.43. The van der Waals surface area contributed by atoms with Crippen molar-refractivity contribution in [3.63, 3.8) is 0 Å². The molecule has 1 heterocycles. The first-order chi connectivity index (χ1) is 11.5. The highest BCUT2D eigenvalue weighted by molar-refractivity contribution is 5.98. The zero-order valence-electron chi connectivity index (χ0n) is 14.7. The first-order valence-electron chi connectivity index (χ1n) is 8.43. The van der Waals surface area contributed by atoms with E-state index < -0.39 is 18.0 Å². The summed E-state index contributed by atoms with van der Waals surface area (Å²) in [5, 5.41) is 0. The van der Waals surface area contributed by atoms with E-state index in [1.165, 1.54) is 11.1 Å². The van der Waals surface area contributed by atoms with Crippen LogP contribution in [0.4, 0.5) is 0 Å². The highest BCUT2D eigenvalue weighted by atomic mass is 16.6. The molecular formula is C19H26NO4+. The van der Waals surface area contributed by atoms with Crippen LogP contribution >= 0.6 is 0 Å². The molecular weight excluding hydrogens is 306 g/mol. The van der Waals surface area contributed by atoms with Gasteiger partial charge in [-0.2, -0.15) is 0 Å². The number of nitrogens with zero attached hydrogens (tertiary/aromatic N) is 1. The second kappa shape index (κ2) is 8.11. The molecule has 0 bridgehead atoms. The van der Waals surface area contributed by atoms with E-state index in [1.54, 1.807) is 13.8 Å². The Kier molecular flexibility index (Phi) is 6.15. The molecule has 1 aliphatic heterocycles. The largest absolute Gasteiger partial charge is 0.461 e. The molecule has 0 saturated heterocycles. The zero-order chi connectivity index (χ0) is 17.6. The molecule has 1 atom stereocenters. The number of rotatable bonds is 6.